The smallest absolute Gasteiger partial charge is 0.119 e. The largest absolute Gasteiger partial charge is 0.497 e. The minimum atomic E-state index is 0.0461. The highest BCUT2D eigenvalue weighted by molar-refractivity contribution is 5.84. The van der Waals surface area contributed by atoms with Crippen molar-refractivity contribution >= 4 is 10.9 Å². The topological polar surface area (TPSA) is 45.6 Å². The van der Waals surface area contributed by atoms with Crippen molar-refractivity contribution in [2.45, 2.75) is 31.4 Å². The van der Waals surface area contributed by atoms with E-state index >= 15 is 0 Å². The minimum absolute atomic E-state index is 0.0461. The first-order chi connectivity index (χ1) is 15.2. The van der Waals surface area contributed by atoms with Crippen LogP contribution in [-0.4, -0.2) is 41.2 Å². The van der Waals surface area contributed by atoms with Crippen molar-refractivity contribution < 1.29 is 9.84 Å². The van der Waals surface area contributed by atoms with E-state index in [9.17, 15) is 5.11 Å². The van der Waals surface area contributed by atoms with Gasteiger partial charge in [0.25, 0.3) is 0 Å². The molecule has 0 spiro atoms. The maximum atomic E-state index is 10.2. The normalized spacial score (nSPS) is 26.0. The van der Waals surface area contributed by atoms with Crippen LogP contribution in [0.25, 0.3) is 10.9 Å². The van der Waals surface area contributed by atoms with Crippen molar-refractivity contribution in [3.05, 3.63) is 84.1 Å². The van der Waals surface area contributed by atoms with E-state index < -0.39 is 0 Å². The van der Waals surface area contributed by atoms with Crippen molar-refractivity contribution in [1.29, 1.82) is 0 Å². The number of fused-ring (bicyclic) bond motifs is 4. The molecule has 1 aromatic heterocycles. The molecule has 160 valence electrons. The van der Waals surface area contributed by atoms with E-state index in [1.807, 2.05) is 24.4 Å². The zero-order valence-electron chi connectivity index (χ0n) is 18.1. The number of piperidine rings is 3. The molecule has 3 fully saturated rings. The van der Waals surface area contributed by atoms with E-state index in [0.717, 1.165) is 41.7 Å². The molecule has 3 saturated heterocycles. The highest BCUT2D eigenvalue weighted by atomic mass is 16.5. The fourth-order valence-corrected chi connectivity index (χ4v) is 5.83. The number of hydrogen-bond donors (Lipinski definition) is 1. The van der Waals surface area contributed by atoms with Gasteiger partial charge in [0.15, 0.2) is 0 Å². The molecular weight excluding hydrogens is 384 g/mol. The zero-order valence-corrected chi connectivity index (χ0v) is 18.1. The monoisotopic (exact) mass is 414 g/mol. The lowest BCUT2D eigenvalue weighted by molar-refractivity contribution is 0.0119. The van der Waals surface area contributed by atoms with Gasteiger partial charge in [-0.2, -0.15) is 0 Å². The van der Waals surface area contributed by atoms with E-state index in [1.54, 1.807) is 7.11 Å². The van der Waals surface area contributed by atoms with Gasteiger partial charge in [-0.1, -0.05) is 30.3 Å². The highest BCUT2D eigenvalue weighted by Crippen LogP contribution is 2.46. The SMILES string of the molecule is C=C[C@H]1CN2CC[C@H]1C[C@H]2[C@@H](c1ccccc1CO)c1ccnc2ccc(OC)cc12. The predicted molar refractivity (Wildman–Crippen MR) is 124 cm³/mol. The standard InChI is InChI=1S/C27H30N2O2/c1-3-18-16-29-13-11-19(18)14-26(29)27(22-7-5-4-6-20(22)17-30)23-10-12-28-25-9-8-21(31-2)15-24(23)25/h3-10,12,15,18-19,26-27,30H,1,11,13-14,16-17H2,2H3/t18-,19-,26-,27-/m0/s1. The lowest BCUT2D eigenvalue weighted by Gasteiger charge is -2.52. The summed E-state index contributed by atoms with van der Waals surface area (Å²) in [5, 5.41) is 11.3. The van der Waals surface area contributed by atoms with Crippen LogP contribution >= 0.6 is 0 Å². The van der Waals surface area contributed by atoms with E-state index in [4.69, 9.17) is 4.74 Å². The van der Waals surface area contributed by atoms with Crippen LogP contribution in [0.2, 0.25) is 0 Å². The Morgan fingerprint density at radius 3 is 2.84 bits per heavy atom. The maximum Gasteiger partial charge on any atom is 0.119 e. The molecule has 3 aromatic rings. The van der Waals surface area contributed by atoms with Crippen LogP contribution in [0.4, 0.5) is 0 Å². The molecule has 0 amide bonds. The Kier molecular flexibility index (Phi) is 5.51. The van der Waals surface area contributed by atoms with Gasteiger partial charge in [0.1, 0.15) is 5.75 Å². The van der Waals surface area contributed by atoms with Crippen LogP contribution in [0.15, 0.2) is 67.4 Å². The quantitative estimate of drug-likeness (QED) is 0.591. The Morgan fingerprint density at radius 2 is 2.10 bits per heavy atom. The third kappa shape index (κ3) is 3.54. The molecule has 1 N–H and O–H groups in total. The first kappa shape index (κ1) is 20.2. The Hall–Kier alpha value is -2.69. The Morgan fingerprint density at radius 1 is 1.23 bits per heavy atom. The van der Waals surface area contributed by atoms with Crippen molar-refractivity contribution in [3.63, 3.8) is 0 Å². The number of methoxy groups -OCH3 is 1. The van der Waals surface area contributed by atoms with Gasteiger partial charge in [0.2, 0.25) is 0 Å². The third-order valence-electron chi connectivity index (χ3n) is 7.42. The van der Waals surface area contributed by atoms with Gasteiger partial charge >= 0.3 is 0 Å². The van der Waals surface area contributed by atoms with E-state index in [2.05, 4.69) is 52.9 Å². The lowest BCUT2D eigenvalue weighted by atomic mass is 9.69. The van der Waals surface area contributed by atoms with Gasteiger partial charge in [0.05, 0.1) is 19.2 Å². The molecule has 4 nitrogen and oxygen atoms in total. The molecule has 0 radical (unpaired) electrons. The van der Waals surface area contributed by atoms with Gasteiger partial charge in [-0.05, 0) is 72.2 Å². The van der Waals surface area contributed by atoms with Gasteiger partial charge in [-0.3, -0.25) is 9.88 Å². The van der Waals surface area contributed by atoms with Crippen LogP contribution < -0.4 is 4.74 Å². The van der Waals surface area contributed by atoms with Crippen molar-refractivity contribution in [3.8, 4) is 5.75 Å². The molecule has 1 unspecified atom stereocenters. The van der Waals surface area contributed by atoms with Crippen LogP contribution in [0.1, 0.15) is 35.4 Å². The molecule has 6 rings (SSSR count). The summed E-state index contributed by atoms with van der Waals surface area (Å²) in [5.41, 5.74) is 4.46. The van der Waals surface area contributed by atoms with Crippen LogP contribution in [0.5, 0.6) is 5.75 Å². The molecule has 3 aliphatic heterocycles. The molecule has 4 heterocycles. The molecule has 0 saturated carbocycles. The second-order valence-electron chi connectivity index (χ2n) is 8.86. The number of benzene rings is 2. The molecule has 5 atom stereocenters. The molecule has 3 aliphatic rings. The van der Waals surface area contributed by atoms with Crippen molar-refractivity contribution in [2.75, 3.05) is 20.2 Å². The Labute approximate surface area is 184 Å². The fourth-order valence-electron chi connectivity index (χ4n) is 5.83. The number of rotatable bonds is 6. The minimum Gasteiger partial charge on any atom is -0.497 e. The molecule has 2 bridgehead atoms. The van der Waals surface area contributed by atoms with Crippen LogP contribution in [0.3, 0.4) is 0 Å². The summed E-state index contributed by atoms with van der Waals surface area (Å²) < 4.78 is 5.54. The average Bonchev–Trinajstić information content (AvgIpc) is 2.84. The first-order valence-corrected chi connectivity index (χ1v) is 11.2. The van der Waals surface area contributed by atoms with E-state index in [1.165, 1.54) is 17.5 Å². The molecule has 0 aliphatic carbocycles. The van der Waals surface area contributed by atoms with Crippen LogP contribution in [-0.2, 0) is 6.61 Å². The number of pyridine rings is 1. The molecule has 4 heteroatoms. The number of aliphatic hydroxyl groups excluding tert-OH is 1. The predicted octanol–water partition coefficient (Wildman–Crippen LogP) is 4.76. The van der Waals surface area contributed by atoms with Gasteiger partial charge in [0, 0.05) is 30.1 Å². The molecule has 2 aromatic carbocycles. The van der Waals surface area contributed by atoms with E-state index in [0.29, 0.717) is 17.9 Å². The number of aliphatic hydroxyl groups is 1. The van der Waals surface area contributed by atoms with Crippen molar-refractivity contribution in [2.24, 2.45) is 11.8 Å². The van der Waals surface area contributed by atoms with Gasteiger partial charge in [-0.15, -0.1) is 6.58 Å². The van der Waals surface area contributed by atoms with Crippen LogP contribution in [0, 0.1) is 11.8 Å². The Balaban J connectivity index is 1.69. The number of nitrogens with zero attached hydrogens (tertiary/aromatic N) is 2. The second-order valence-corrected chi connectivity index (χ2v) is 8.86. The first-order valence-electron chi connectivity index (χ1n) is 11.2. The van der Waals surface area contributed by atoms with E-state index in [-0.39, 0.29) is 12.5 Å². The fraction of sp³-hybridized carbons (Fsp3) is 0.370. The lowest BCUT2D eigenvalue weighted by Crippen LogP contribution is -2.55. The average molecular weight is 415 g/mol. The summed E-state index contributed by atoms with van der Waals surface area (Å²) in [6.45, 7) is 6.34. The number of ether oxygens (including phenoxy) is 1. The summed E-state index contributed by atoms with van der Waals surface area (Å²) >= 11 is 0. The van der Waals surface area contributed by atoms with Gasteiger partial charge in [-0.25, -0.2) is 0 Å². The summed E-state index contributed by atoms with van der Waals surface area (Å²) in [6.07, 6.45) is 6.46. The highest BCUT2D eigenvalue weighted by Gasteiger charge is 2.43. The molecule has 31 heavy (non-hydrogen) atoms. The zero-order chi connectivity index (χ0) is 21.4. The number of hydrogen-bond acceptors (Lipinski definition) is 4. The summed E-state index contributed by atoms with van der Waals surface area (Å²) in [6, 6.07) is 17.0. The second kappa shape index (κ2) is 8.45. The Bertz CT molecular complexity index is 1100. The van der Waals surface area contributed by atoms with Gasteiger partial charge < -0.3 is 9.84 Å². The third-order valence-corrected chi connectivity index (χ3v) is 7.42. The van der Waals surface area contributed by atoms with Crippen molar-refractivity contribution in [1.82, 2.24) is 9.88 Å². The molecular formula is C27H30N2O2. The summed E-state index contributed by atoms with van der Waals surface area (Å²) in [5.74, 6) is 2.26. The maximum absolute atomic E-state index is 10.2. The number of aromatic nitrogens is 1. The summed E-state index contributed by atoms with van der Waals surface area (Å²) in [7, 11) is 1.71. The summed E-state index contributed by atoms with van der Waals surface area (Å²) in [4.78, 5) is 7.27.